The van der Waals surface area contributed by atoms with Gasteiger partial charge in [-0.2, -0.15) is 0 Å². The van der Waals surface area contributed by atoms with Crippen LogP contribution in [0.1, 0.15) is 30.4 Å². The molecule has 30 heavy (non-hydrogen) atoms. The van der Waals surface area contributed by atoms with Crippen LogP contribution in [0.25, 0.3) is 11.1 Å². The standard InChI is InChI=1S/C23H31N2O4P/c1-18-8-10-19(11-9-18)21-7-3-2-6-20(21)16-25-14-15-30(28,29)23(17-25,22(26)27)12-4-5-13-24/h2-3,6-11H,4-5,12-17,24H2,1H3,(H,26,27)(H,28,29)/t23-/m0/s1. The van der Waals surface area contributed by atoms with Gasteiger partial charge in [0.1, 0.15) is 0 Å². The molecule has 1 heterocycles. The van der Waals surface area contributed by atoms with Gasteiger partial charge >= 0.3 is 5.97 Å². The molecule has 0 aromatic heterocycles. The van der Waals surface area contributed by atoms with Crippen molar-refractivity contribution < 1.29 is 19.4 Å². The molecule has 2 aromatic rings. The molecule has 0 radical (unpaired) electrons. The van der Waals surface area contributed by atoms with Gasteiger partial charge in [-0.1, -0.05) is 60.5 Å². The third kappa shape index (κ3) is 4.68. The van der Waals surface area contributed by atoms with E-state index in [1.165, 1.54) is 5.56 Å². The summed E-state index contributed by atoms with van der Waals surface area (Å²) < 4.78 is 13.0. The Kier molecular flexibility index (Phi) is 7.14. The van der Waals surface area contributed by atoms with E-state index in [1.54, 1.807) is 0 Å². The SMILES string of the molecule is Cc1ccc(-c2ccccc2CN2CCP(=O)(O)[C@](CCCCN)(C(=O)O)C2)cc1. The highest BCUT2D eigenvalue weighted by atomic mass is 31.2. The number of aliphatic carboxylic acids is 1. The van der Waals surface area contributed by atoms with E-state index in [1.807, 2.05) is 30.0 Å². The summed E-state index contributed by atoms with van der Waals surface area (Å²) in [7, 11) is -3.82. The molecule has 162 valence electrons. The Hall–Kier alpha value is -1.98. The Labute approximate surface area is 178 Å². The summed E-state index contributed by atoms with van der Waals surface area (Å²) in [6.07, 6.45) is 1.34. The summed E-state index contributed by atoms with van der Waals surface area (Å²) in [5, 5.41) is 8.35. The zero-order valence-corrected chi connectivity index (χ0v) is 18.4. The zero-order chi connectivity index (χ0) is 21.8. The van der Waals surface area contributed by atoms with Gasteiger partial charge in [-0.25, -0.2) is 0 Å². The fourth-order valence-corrected chi connectivity index (χ4v) is 6.45. The highest BCUT2D eigenvalue weighted by Crippen LogP contribution is 2.59. The molecule has 2 aromatic carbocycles. The Balaban J connectivity index is 1.87. The molecule has 2 atom stereocenters. The van der Waals surface area contributed by atoms with Crippen LogP contribution in [0.5, 0.6) is 0 Å². The van der Waals surface area contributed by atoms with Gasteiger partial charge in [-0.3, -0.25) is 14.3 Å². The van der Waals surface area contributed by atoms with Gasteiger partial charge < -0.3 is 15.7 Å². The molecule has 4 N–H and O–H groups in total. The van der Waals surface area contributed by atoms with Crippen LogP contribution in [0.3, 0.4) is 0 Å². The molecule has 0 aliphatic carbocycles. The van der Waals surface area contributed by atoms with Gasteiger partial charge in [0, 0.05) is 25.8 Å². The molecule has 1 aliphatic rings. The smallest absolute Gasteiger partial charge is 0.320 e. The number of benzene rings is 2. The monoisotopic (exact) mass is 430 g/mol. The van der Waals surface area contributed by atoms with E-state index >= 15 is 0 Å². The van der Waals surface area contributed by atoms with E-state index in [4.69, 9.17) is 5.73 Å². The van der Waals surface area contributed by atoms with Gasteiger partial charge in [0.2, 0.25) is 7.37 Å². The van der Waals surface area contributed by atoms with E-state index < -0.39 is 18.5 Å². The molecule has 3 rings (SSSR count). The molecule has 1 unspecified atom stereocenters. The molecular formula is C23H31N2O4P. The molecule has 1 saturated heterocycles. The van der Waals surface area contributed by atoms with Crippen LogP contribution in [0.2, 0.25) is 0 Å². The summed E-state index contributed by atoms with van der Waals surface area (Å²) in [6, 6.07) is 16.4. The van der Waals surface area contributed by atoms with E-state index in [2.05, 4.69) is 30.3 Å². The fraction of sp³-hybridized carbons (Fsp3) is 0.435. The largest absolute Gasteiger partial charge is 0.480 e. The Morgan fingerprint density at radius 2 is 1.87 bits per heavy atom. The summed E-state index contributed by atoms with van der Waals surface area (Å²) in [5.74, 6) is -1.18. The molecular weight excluding hydrogens is 399 g/mol. The van der Waals surface area contributed by atoms with Crippen molar-refractivity contribution in [2.45, 2.75) is 37.9 Å². The predicted octanol–water partition coefficient (Wildman–Crippen LogP) is 3.70. The lowest BCUT2D eigenvalue weighted by atomic mass is 9.96. The maximum Gasteiger partial charge on any atom is 0.320 e. The second-order valence-corrected chi connectivity index (χ2v) is 10.9. The van der Waals surface area contributed by atoms with Gasteiger partial charge in [-0.05, 0) is 43.0 Å². The van der Waals surface area contributed by atoms with Gasteiger partial charge in [0.05, 0.1) is 0 Å². The molecule has 1 fully saturated rings. The molecule has 0 amide bonds. The second-order valence-electron chi connectivity index (χ2n) is 8.24. The van der Waals surface area contributed by atoms with Crippen molar-refractivity contribution in [1.82, 2.24) is 4.90 Å². The van der Waals surface area contributed by atoms with Gasteiger partial charge in [-0.15, -0.1) is 0 Å². The number of hydrogen-bond acceptors (Lipinski definition) is 4. The topological polar surface area (TPSA) is 104 Å². The average Bonchev–Trinajstić information content (AvgIpc) is 2.71. The van der Waals surface area contributed by atoms with E-state index in [0.29, 0.717) is 32.5 Å². The minimum Gasteiger partial charge on any atom is -0.480 e. The van der Waals surface area contributed by atoms with E-state index in [9.17, 15) is 19.4 Å². The van der Waals surface area contributed by atoms with Crippen LogP contribution in [0, 0.1) is 6.92 Å². The first-order chi connectivity index (χ1) is 14.3. The van der Waals surface area contributed by atoms with Gasteiger partial charge in [0.15, 0.2) is 5.16 Å². The van der Waals surface area contributed by atoms with Crippen molar-refractivity contribution in [2.24, 2.45) is 5.73 Å². The highest BCUT2D eigenvalue weighted by molar-refractivity contribution is 7.61. The van der Waals surface area contributed by atoms with Crippen LogP contribution in [-0.2, 0) is 15.9 Å². The Bertz CT molecular complexity index is 931. The lowest BCUT2D eigenvalue weighted by Crippen LogP contribution is -2.53. The third-order valence-corrected chi connectivity index (χ3v) is 8.79. The van der Waals surface area contributed by atoms with Crippen LogP contribution in [0.4, 0.5) is 0 Å². The summed E-state index contributed by atoms with van der Waals surface area (Å²) in [4.78, 5) is 24.8. The number of rotatable bonds is 8. The number of aryl methyl sites for hydroxylation is 1. The maximum atomic E-state index is 13.0. The third-order valence-electron chi connectivity index (χ3n) is 6.09. The fourth-order valence-electron chi connectivity index (χ4n) is 4.24. The lowest BCUT2D eigenvalue weighted by molar-refractivity contribution is -0.141. The summed E-state index contributed by atoms with van der Waals surface area (Å²) >= 11 is 0. The normalized spacial score (nSPS) is 24.6. The van der Waals surface area contributed by atoms with Crippen molar-refractivity contribution >= 4 is 13.3 Å². The molecule has 0 spiro atoms. The predicted molar refractivity (Wildman–Crippen MR) is 120 cm³/mol. The maximum absolute atomic E-state index is 13.0. The molecule has 0 bridgehead atoms. The number of carbonyl (C=O) groups is 1. The number of unbranched alkanes of at least 4 members (excludes halogenated alkanes) is 1. The van der Waals surface area contributed by atoms with Crippen molar-refractivity contribution in [1.29, 1.82) is 0 Å². The zero-order valence-electron chi connectivity index (χ0n) is 17.5. The number of hydrogen-bond donors (Lipinski definition) is 3. The van der Waals surface area contributed by atoms with Crippen LogP contribution in [0.15, 0.2) is 48.5 Å². The number of nitrogens with two attached hydrogens (primary N) is 1. The molecule has 1 aliphatic heterocycles. The van der Waals surface area contributed by atoms with Crippen molar-refractivity contribution in [3.63, 3.8) is 0 Å². The summed E-state index contributed by atoms with van der Waals surface area (Å²) in [5.41, 5.74) is 10.0. The quantitative estimate of drug-likeness (QED) is 0.436. The average molecular weight is 430 g/mol. The second kappa shape index (κ2) is 9.44. The van der Waals surface area contributed by atoms with Crippen LogP contribution in [-0.4, -0.2) is 51.8 Å². The van der Waals surface area contributed by atoms with E-state index in [0.717, 1.165) is 16.7 Å². The lowest BCUT2D eigenvalue weighted by Gasteiger charge is -2.43. The van der Waals surface area contributed by atoms with Crippen LogP contribution >= 0.6 is 7.37 Å². The van der Waals surface area contributed by atoms with Crippen molar-refractivity contribution in [3.8, 4) is 11.1 Å². The first kappa shape index (κ1) is 22.7. The number of nitrogens with zero attached hydrogens (tertiary/aromatic N) is 1. The summed E-state index contributed by atoms with van der Waals surface area (Å²) in [6.45, 7) is 3.51. The molecule has 0 saturated carbocycles. The molecule has 7 heteroatoms. The van der Waals surface area contributed by atoms with Crippen molar-refractivity contribution in [3.05, 3.63) is 59.7 Å². The first-order valence-corrected chi connectivity index (χ1v) is 12.3. The Morgan fingerprint density at radius 3 is 2.53 bits per heavy atom. The molecule has 6 nitrogen and oxygen atoms in total. The first-order valence-electron chi connectivity index (χ1n) is 10.4. The minimum atomic E-state index is -3.82. The van der Waals surface area contributed by atoms with Gasteiger partial charge in [0.25, 0.3) is 0 Å². The minimum absolute atomic E-state index is 0.00533. The number of carboxylic acids is 1. The highest BCUT2D eigenvalue weighted by Gasteiger charge is 2.56. The Morgan fingerprint density at radius 1 is 1.17 bits per heavy atom. The van der Waals surface area contributed by atoms with Crippen molar-refractivity contribution in [2.75, 3.05) is 25.8 Å². The van der Waals surface area contributed by atoms with Crippen LogP contribution < -0.4 is 5.73 Å². The number of carboxylic acid groups (broad SMARTS) is 1. The van der Waals surface area contributed by atoms with E-state index in [-0.39, 0.29) is 19.1 Å².